The second kappa shape index (κ2) is 5.48. The van der Waals surface area contributed by atoms with Gasteiger partial charge in [-0.15, -0.1) is 0 Å². The van der Waals surface area contributed by atoms with Crippen molar-refractivity contribution < 1.29 is 14.3 Å². The first-order chi connectivity index (χ1) is 11.1. The summed E-state index contributed by atoms with van der Waals surface area (Å²) >= 11 is 12.2. The fourth-order valence-corrected chi connectivity index (χ4v) is 3.14. The Morgan fingerprint density at radius 2 is 1.91 bits per heavy atom. The molecule has 0 radical (unpaired) electrons. The Morgan fingerprint density at radius 1 is 1.09 bits per heavy atom. The Hall–Kier alpha value is -2.17. The highest BCUT2D eigenvalue weighted by molar-refractivity contribution is 6.37. The summed E-state index contributed by atoms with van der Waals surface area (Å²) in [6, 6.07) is 8.87. The molecule has 0 unspecified atom stereocenters. The van der Waals surface area contributed by atoms with Crippen molar-refractivity contribution in [2.45, 2.75) is 0 Å². The fourth-order valence-electron chi connectivity index (χ4n) is 2.69. The largest absolute Gasteiger partial charge is 0.486 e. The molecule has 116 valence electrons. The summed E-state index contributed by atoms with van der Waals surface area (Å²) in [5.74, 6) is 0.960. The Morgan fingerprint density at radius 3 is 2.78 bits per heavy atom. The van der Waals surface area contributed by atoms with E-state index < -0.39 is 0 Å². The maximum atomic E-state index is 12.2. The fraction of sp³-hybridized carbons (Fsp3) is 0.118. The van der Waals surface area contributed by atoms with Crippen LogP contribution in [0.25, 0.3) is 11.6 Å². The molecule has 0 aliphatic carbocycles. The molecule has 2 aliphatic rings. The second-order valence-electron chi connectivity index (χ2n) is 5.23. The number of hydrogen-bond acceptors (Lipinski definition) is 3. The number of hydrogen-bond donors (Lipinski definition) is 1. The number of ether oxygens (including phenoxy) is 2. The molecule has 1 amide bonds. The third-order valence-electron chi connectivity index (χ3n) is 3.69. The molecule has 0 fully saturated rings. The maximum absolute atomic E-state index is 12.2. The standard InChI is InChI=1S/C17H11Cl2NO3/c18-10-1-2-11-12(17(21)20-14(11)8-10)5-9-6-13(19)16-15(7-9)22-3-4-23-16/h1-2,5-8H,3-4H2,(H,20,21)/b12-5+. The molecule has 4 rings (SSSR count). The highest BCUT2D eigenvalue weighted by atomic mass is 35.5. The van der Waals surface area contributed by atoms with Gasteiger partial charge in [-0.3, -0.25) is 4.79 Å². The SMILES string of the molecule is O=C1Nc2cc(Cl)ccc2/C1=C\c1cc(Cl)c2c(c1)OCCO2. The zero-order valence-electron chi connectivity index (χ0n) is 11.9. The van der Waals surface area contributed by atoms with Crippen LogP contribution in [-0.2, 0) is 4.79 Å². The molecule has 6 heteroatoms. The van der Waals surface area contributed by atoms with Crippen LogP contribution in [0.1, 0.15) is 11.1 Å². The van der Waals surface area contributed by atoms with Crippen molar-refractivity contribution in [1.29, 1.82) is 0 Å². The summed E-state index contributed by atoms with van der Waals surface area (Å²) in [4.78, 5) is 12.2. The summed E-state index contributed by atoms with van der Waals surface area (Å²) in [6.45, 7) is 0.953. The number of carbonyl (C=O) groups excluding carboxylic acids is 1. The van der Waals surface area contributed by atoms with Crippen LogP contribution in [0.3, 0.4) is 0 Å². The predicted molar refractivity (Wildman–Crippen MR) is 90.4 cm³/mol. The van der Waals surface area contributed by atoms with Crippen LogP contribution < -0.4 is 14.8 Å². The average Bonchev–Trinajstić information content (AvgIpc) is 2.82. The van der Waals surface area contributed by atoms with E-state index in [1.165, 1.54) is 0 Å². The average molecular weight is 348 g/mol. The topological polar surface area (TPSA) is 47.6 Å². The Kier molecular flexibility index (Phi) is 3.43. The zero-order chi connectivity index (χ0) is 16.0. The Bertz CT molecular complexity index is 861. The summed E-state index contributed by atoms with van der Waals surface area (Å²) in [6.07, 6.45) is 1.78. The molecule has 2 aromatic rings. The van der Waals surface area contributed by atoms with Gasteiger partial charge in [0.15, 0.2) is 11.5 Å². The van der Waals surface area contributed by atoms with E-state index >= 15 is 0 Å². The lowest BCUT2D eigenvalue weighted by atomic mass is 10.0. The monoisotopic (exact) mass is 347 g/mol. The first-order valence-corrected chi connectivity index (χ1v) is 7.79. The molecule has 4 nitrogen and oxygen atoms in total. The molecule has 1 N–H and O–H groups in total. The lowest BCUT2D eigenvalue weighted by Gasteiger charge is -2.19. The van der Waals surface area contributed by atoms with Crippen LogP contribution in [0, 0.1) is 0 Å². The maximum Gasteiger partial charge on any atom is 0.256 e. The first-order valence-electron chi connectivity index (χ1n) is 7.04. The van der Waals surface area contributed by atoms with Crippen molar-refractivity contribution in [2.24, 2.45) is 0 Å². The smallest absolute Gasteiger partial charge is 0.256 e. The predicted octanol–water partition coefficient (Wildman–Crippen LogP) is 4.26. The zero-order valence-corrected chi connectivity index (χ0v) is 13.4. The number of carbonyl (C=O) groups is 1. The van der Waals surface area contributed by atoms with E-state index in [1.807, 2.05) is 12.1 Å². The first kappa shape index (κ1) is 14.4. The van der Waals surface area contributed by atoms with Gasteiger partial charge in [0.05, 0.1) is 10.7 Å². The van der Waals surface area contributed by atoms with E-state index in [4.69, 9.17) is 32.7 Å². The number of fused-ring (bicyclic) bond motifs is 2. The third-order valence-corrected chi connectivity index (χ3v) is 4.21. The minimum atomic E-state index is -0.173. The van der Waals surface area contributed by atoms with Gasteiger partial charge < -0.3 is 14.8 Å². The van der Waals surface area contributed by atoms with E-state index in [1.54, 1.807) is 24.3 Å². The Labute approximate surface area is 142 Å². The van der Waals surface area contributed by atoms with Crippen LogP contribution >= 0.6 is 23.2 Å². The molecule has 2 heterocycles. The third kappa shape index (κ3) is 2.54. The molecular formula is C17H11Cl2NO3. The van der Waals surface area contributed by atoms with E-state index in [0.717, 1.165) is 11.1 Å². The highest BCUT2D eigenvalue weighted by Crippen LogP contribution is 2.40. The quantitative estimate of drug-likeness (QED) is 0.784. The molecule has 0 atom stereocenters. The van der Waals surface area contributed by atoms with Crippen LogP contribution in [-0.4, -0.2) is 19.1 Å². The van der Waals surface area contributed by atoms with Crippen molar-refractivity contribution in [1.82, 2.24) is 0 Å². The number of benzene rings is 2. The van der Waals surface area contributed by atoms with E-state index in [9.17, 15) is 4.79 Å². The van der Waals surface area contributed by atoms with Gasteiger partial charge >= 0.3 is 0 Å². The number of nitrogens with one attached hydrogen (secondary N) is 1. The molecule has 0 aromatic heterocycles. The number of rotatable bonds is 1. The van der Waals surface area contributed by atoms with Crippen molar-refractivity contribution in [3.8, 4) is 11.5 Å². The van der Waals surface area contributed by atoms with Gasteiger partial charge in [-0.1, -0.05) is 29.3 Å². The molecule has 2 aromatic carbocycles. The summed E-state index contributed by atoms with van der Waals surface area (Å²) in [7, 11) is 0. The van der Waals surface area contributed by atoms with Gasteiger partial charge in [0.2, 0.25) is 0 Å². The van der Waals surface area contributed by atoms with Gasteiger partial charge in [-0.2, -0.15) is 0 Å². The summed E-state index contributed by atoms with van der Waals surface area (Å²) in [5.41, 5.74) is 2.85. The second-order valence-corrected chi connectivity index (χ2v) is 6.07. The van der Waals surface area contributed by atoms with Crippen LogP contribution in [0.4, 0.5) is 5.69 Å². The van der Waals surface area contributed by atoms with E-state index in [0.29, 0.717) is 46.0 Å². The van der Waals surface area contributed by atoms with Crippen LogP contribution in [0.2, 0.25) is 10.0 Å². The number of amides is 1. The lowest BCUT2D eigenvalue weighted by molar-refractivity contribution is -0.110. The van der Waals surface area contributed by atoms with Gasteiger partial charge in [-0.05, 0) is 35.9 Å². The van der Waals surface area contributed by atoms with Crippen LogP contribution in [0.15, 0.2) is 30.3 Å². The van der Waals surface area contributed by atoms with Gasteiger partial charge in [0.25, 0.3) is 5.91 Å². The normalized spacial score (nSPS) is 17.1. The lowest BCUT2D eigenvalue weighted by Crippen LogP contribution is -2.15. The molecule has 23 heavy (non-hydrogen) atoms. The van der Waals surface area contributed by atoms with Crippen molar-refractivity contribution in [3.63, 3.8) is 0 Å². The molecular weight excluding hydrogens is 337 g/mol. The van der Waals surface area contributed by atoms with Gasteiger partial charge in [-0.25, -0.2) is 0 Å². The van der Waals surface area contributed by atoms with Crippen molar-refractivity contribution >= 4 is 46.4 Å². The van der Waals surface area contributed by atoms with E-state index in [2.05, 4.69) is 5.32 Å². The van der Waals surface area contributed by atoms with Gasteiger partial charge in [0, 0.05) is 16.2 Å². The molecule has 0 saturated heterocycles. The minimum absolute atomic E-state index is 0.173. The van der Waals surface area contributed by atoms with Crippen molar-refractivity contribution in [3.05, 3.63) is 51.5 Å². The number of anilines is 1. The molecule has 2 aliphatic heterocycles. The van der Waals surface area contributed by atoms with Crippen molar-refractivity contribution in [2.75, 3.05) is 18.5 Å². The molecule has 0 saturated carbocycles. The Balaban J connectivity index is 1.80. The number of halogens is 2. The van der Waals surface area contributed by atoms with Crippen LogP contribution in [0.5, 0.6) is 11.5 Å². The molecule has 0 spiro atoms. The minimum Gasteiger partial charge on any atom is -0.486 e. The highest BCUT2D eigenvalue weighted by Gasteiger charge is 2.24. The summed E-state index contributed by atoms with van der Waals surface area (Å²) < 4.78 is 11.1. The summed E-state index contributed by atoms with van der Waals surface area (Å²) in [5, 5.41) is 3.84. The van der Waals surface area contributed by atoms with Gasteiger partial charge in [0.1, 0.15) is 13.2 Å². The molecule has 0 bridgehead atoms. The van der Waals surface area contributed by atoms with E-state index in [-0.39, 0.29) is 5.91 Å².